The predicted octanol–water partition coefficient (Wildman–Crippen LogP) is 2.71. The number of nitrogens with zero attached hydrogens (tertiary/aromatic N) is 4. The van der Waals surface area contributed by atoms with Crippen molar-refractivity contribution in [3.63, 3.8) is 0 Å². The number of nitrogens with one attached hydrogen (secondary N) is 1. The minimum atomic E-state index is -4.47. The van der Waals surface area contributed by atoms with Crippen molar-refractivity contribution in [1.82, 2.24) is 19.7 Å². The number of aliphatic hydroxyl groups excluding tert-OH is 1. The van der Waals surface area contributed by atoms with E-state index >= 15 is 0 Å². The molecule has 15 nitrogen and oxygen atoms in total. The number of aliphatic hydroxyl groups is 1. The number of ether oxygens (including phenoxy) is 3. The Kier molecular flexibility index (Phi) is 9.92. The van der Waals surface area contributed by atoms with E-state index in [0.717, 1.165) is 0 Å². The Labute approximate surface area is 253 Å². The number of carbonyl (C=O) groups is 2. The van der Waals surface area contributed by atoms with Gasteiger partial charge in [-0.15, -0.1) is 0 Å². The number of nitriles is 1. The van der Waals surface area contributed by atoms with Gasteiger partial charge in [0.1, 0.15) is 48.5 Å². The first kappa shape index (κ1) is 32.8. The highest BCUT2D eigenvalue weighted by Crippen LogP contribution is 2.49. The van der Waals surface area contributed by atoms with Crippen molar-refractivity contribution in [1.29, 1.82) is 5.26 Å². The second-order valence-corrected chi connectivity index (χ2v) is 12.4. The lowest BCUT2D eigenvalue weighted by atomic mass is 9.95. The summed E-state index contributed by atoms with van der Waals surface area (Å²) in [5.74, 6) is -1.79. The number of esters is 2. The number of carbonyl (C=O) groups excluding carboxylic acids is 2. The molecule has 0 bridgehead atoms. The van der Waals surface area contributed by atoms with E-state index in [1.165, 1.54) is 29.9 Å². The predicted molar refractivity (Wildman–Crippen MR) is 155 cm³/mol. The number of benzene rings is 1. The highest BCUT2D eigenvalue weighted by atomic mass is 31.2. The average molecular weight is 631 g/mol. The fraction of sp³-hybridized carbons (Fsp3) is 0.464. The summed E-state index contributed by atoms with van der Waals surface area (Å²) in [5.41, 5.74) is 4.44. The van der Waals surface area contributed by atoms with Gasteiger partial charge in [-0.1, -0.05) is 32.0 Å². The van der Waals surface area contributed by atoms with Crippen LogP contribution in [0.5, 0.6) is 5.75 Å². The zero-order chi connectivity index (χ0) is 32.2. The molecule has 1 aliphatic heterocycles. The van der Waals surface area contributed by atoms with Crippen molar-refractivity contribution < 1.29 is 42.5 Å². The topological polar surface area (TPSA) is 210 Å². The van der Waals surface area contributed by atoms with Gasteiger partial charge in [0.2, 0.25) is 5.60 Å². The van der Waals surface area contributed by atoms with E-state index in [9.17, 15) is 24.5 Å². The van der Waals surface area contributed by atoms with Crippen molar-refractivity contribution in [3.8, 4) is 11.8 Å². The molecule has 4 N–H and O–H groups in total. The molecule has 4 rings (SSSR count). The maximum absolute atomic E-state index is 14.1. The second kappa shape index (κ2) is 13.3. The van der Waals surface area contributed by atoms with E-state index in [1.54, 1.807) is 58.0 Å². The first-order chi connectivity index (χ1) is 20.8. The Morgan fingerprint density at radius 2 is 1.89 bits per heavy atom. The van der Waals surface area contributed by atoms with Crippen LogP contribution in [0.3, 0.4) is 0 Å². The van der Waals surface area contributed by atoms with Crippen molar-refractivity contribution in [2.45, 2.75) is 70.7 Å². The molecule has 1 fully saturated rings. The van der Waals surface area contributed by atoms with Crippen LogP contribution in [0.1, 0.15) is 46.4 Å². The third kappa shape index (κ3) is 7.01. The molecule has 2 aromatic heterocycles. The Morgan fingerprint density at radius 1 is 1.18 bits per heavy atom. The molecule has 0 saturated carbocycles. The molecule has 1 aliphatic rings. The smallest absolute Gasteiger partial charge is 0.459 e. The Hall–Kier alpha value is -4.06. The molecule has 0 radical (unpaired) electrons. The number of nitrogens with two attached hydrogens (primary N) is 1. The number of para-hydroxylation sites is 1. The maximum atomic E-state index is 14.1. The lowest BCUT2D eigenvalue weighted by Gasteiger charge is -2.30. The van der Waals surface area contributed by atoms with E-state index in [-0.39, 0.29) is 17.3 Å². The first-order valence-electron chi connectivity index (χ1n) is 13.8. The third-order valence-corrected chi connectivity index (χ3v) is 8.22. The number of hydrogen-bond donors (Lipinski definition) is 3. The largest absolute Gasteiger partial charge is 0.462 e. The molecular weight excluding hydrogens is 595 g/mol. The summed E-state index contributed by atoms with van der Waals surface area (Å²) in [5, 5.41) is 28.6. The van der Waals surface area contributed by atoms with Crippen molar-refractivity contribution >= 4 is 31.0 Å². The number of fused-ring (bicyclic) bond motifs is 1. The summed E-state index contributed by atoms with van der Waals surface area (Å²) >= 11 is 0. The summed E-state index contributed by atoms with van der Waals surface area (Å²) in [7, 11) is -4.47. The van der Waals surface area contributed by atoms with Gasteiger partial charge in [-0.2, -0.15) is 15.4 Å². The molecule has 6 atom stereocenters. The highest BCUT2D eigenvalue weighted by Gasteiger charge is 2.60. The van der Waals surface area contributed by atoms with Crippen LogP contribution in [0.2, 0.25) is 0 Å². The molecule has 0 aliphatic carbocycles. The van der Waals surface area contributed by atoms with Crippen LogP contribution in [-0.2, 0) is 32.9 Å². The lowest BCUT2D eigenvalue weighted by molar-refractivity contribution is -0.164. The molecular formula is C28H35N6O9P. The SMILES string of the molecule is CC(C)OC(=O)[C@H](C)NP(=O)(OC[C@@]1(C#N)O[C@@H](c2ccc3c(N)ncnn23)[C@H](O)[C@@H]1OC(=O)C(C)C)Oc1ccccc1. The molecule has 236 valence electrons. The molecule has 0 amide bonds. The molecule has 3 aromatic rings. The number of anilines is 1. The van der Waals surface area contributed by atoms with Gasteiger partial charge >= 0.3 is 19.7 Å². The van der Waals surface area contributed by atoms with Crippen molar-refractivity contribution in [2.24, 2.45) is 5.92 Å². The molecule has 1 saturated heterocycles. The lowest BCUT2D eigenvalue weighted by Crippen LogP contribution is -2.49. The summed E-state index contributed by atoms with van der Waals surface area (Å²) in [6.07, 6.45) is -3.72. The molecule has 44 heavy (non-hydrogen) atoms. The molecule has 0 spiro atoms. The van der Waals surface area contributed by atoms with Gasteiger partial charge in [-0.05, 0) is 45.0 Å². The van der Waals surface area contributed by atoms with Gasteiger partial charge in [0.25, 0.3) is 0 Å². The normalized spacial score (nSPS) is 23.7. The molecule has 1 unspecified atom stereocenters. The Balaban J connectivity index is 1.69. The molecule has 1 aromatic carbocycles. The van der Waals surface area contributed by atoms with E-state index < -0.39 is 68.3 Å². The van der Waals surface area contributed by atoms with E-state index in [0.29, 0.717) is 5.52 Å². The van der Waals surface area contributed by atoms with Crippen LogP contribution in [0.15, 0.2) is 48.8 Å². The minimum Gasteiger partial charge on any atom is -0.462 e. The zero-order valence-corrected chi connectivity index (χ0v) is 25.7. The van der Waals surface area contributed by atoms with Crippen LogP contribution in [-0.4, -0.2) is 68.2 Å². The Morgan fingerprint density at radius 3 is 2.52 bits per heavy atom. The minimum absolute atomic E-state index is 0.128. The van der Waals surface area contributed by atoms with Crippen LogP contribution < -0.4 is 15.3 Å². The zero-order valence-electron chi connectivity index (χ0n) is 24.8. The number of nitrogen functional groups attached to an aromatic ring is 1. The number of hydrogen-bond acceptors (Lipinski definition) is 13. The standard InChI is InChI=1S/C28H35N6O9P/c1-16(2)26(36)41-24-22(35)23(20-11-12-21-25(30)31-15-32-34(20)21)42-28(24,13-29)14-39-44(38,43-19-9-7-6-8-10-19)33-18(5)27(37)40-17(3)4/h6-12,15-18,22-24,35H,14H2,1-5H3,(H,33,38)(H2,30,31,32)/t18-,22-,23-,24-,28+,44?/m0/s1. The van der Waals surface area contributed by atoms with Gasteiger partial charge in [0.05, 0.1) is 17.7 Å². The summed E-state index contributed by atoms with van der Waals surface area (Å²) < 4.78 is 43.8. The van der Waals surface area contributed by atoms with Gasteiger partial charge < -0.3 is 29.6 Å². The number of aromatic nitrogens is 3. The van der Waals surface area contributed by atoms with Crippen LogP contribution in [0.4, 0.5) is 5.82 Å². The van der Waals surface area contributed by atoms with Gasteiger partial charge in [-0.25, -0.2) is 14.1 Å². The molecule has 16 heteroatoms. The highest BCUT2D eigenvalue weighted by molar-refractivity contribution is 7.52. The van der Waals surface area contributed by atoms with Gasteiger partial charge in [0.15, 0.2) is 11.9 Å². The first-order valence-corrected chi connectivity index (χ1v) is 15.4. The van der Waals surface area contributed by atoms with E-state index in [4.69, 9.17) is 29.0 Å². The second-order valence-electron chi connectivity index (χ2n) is 10.8. The quantitative estimate of drug-likeness (QED) is 0.194. The monoisotopic (exact) mass is 630 g/mol. The van der Waals surface area contributed by atoms with E-state index in [1.807, 2.05) is 6.07 Å². The summed E-state index contributed by atoms with van der Waals surface area (Å²) in [6, 6.07) is 11.9. The van der Waals surface area contributed by atoms with Crippen LogP contribution >= 0.6 is 7.75 Å². The van der Waals surface area contributed by atoms with Crippen LogP contribution in [0, 0.1) is 17.2 Å². The van der Waals surface area contributed by atoms with Gasteiger partial charge in [0, 0.05) is 0 Å². The van der Waals surface area contributed by atoms with Gasteiger partial charge in [-0.3, -0.25) is 14.1 Å². The van der Waals surface area contributed by atoms with Crippen molar-refractivity contribution in [2.75, 3.05) is 12.3 Å². The Bertz CT molecular complexity index is 1580. The average Bonchev–Trinajstić information content (AvgIpc) is 3.52. The van der Waals surface area contributed by atoms with Crippen molar-refractivity contribution in [3.05, 3.63) is 54.5 Å². The van der Waals surface area contributed by atoms with E-state index in [2.05, 4.69) is 15.2 Å². The summed E-state index contributed by atoms with van der Waals surface area (Å²) in [4.78, 5) is 29.2. The van der Waals surface area contributed by atoms with Crippen LogP contribution in [0.25, 0.3) is 5.52 Å². The summed E-state index contributed by atoms with van der Waals surface area (Å²) in [6.45, 7) is 7.05. The maximum Gasteiger partial charge on any atom is 0.459 e. The molecule has 3 heterocycles. The number of rotatable bonds is 12. The fourth-order valence-corrected chi connectivity index (χ4v) is 5.92. The third-order valence-electron chi connectivity index (χ3n) is 6.60. The fourth-order valence-electron chi connectivity index (χ4n) is 4.40.